The van der Waals surface area contributed by atoms with Crippen LogP contribution in [0.3, 0.4) is 0 Å². The number of hydrogen-bond acceptors (Lipinski definition) is 5. The van der Waals surface area contributed by atoms with E-state index in [9.17, 15) is 9.59 Å². The van der Waals surface area contributed by atoms with Crippen molar-refractivity contribution in [2.75, 3.05) is 0 Å². The van der Waals surface area contributed by atoms with Gasteiger partial charge in [-0.2, -0.15) is 0 Å². The predicted molar refractivity (Wildman–Crippen MR) is 43.3 cm³/mol. The number of carbonyl (C=O) groups excluding carboxylic acids is 2. The third-order valence-corrected chi connectivity index (χ3v) is 1.77. The molecule has 0 unspecified atom stereocenters. The van der Waals surface area contributed by atoms with E-state index in [-0.39, 0.29) is 11.1 Å². The second kappa shape index (κ2) is 3.12. The number of rotatable bonds is 0. The quantitative estimate of drug-likeness (QED) is 0.601. The van der Waals surface area contributed by atoms with E-state index >= 15 is 0 Å². The van der Waals surface area contributed by atoms with Crippen molar-refractivity contribution in [3.63, 3.8) is 0 Å². The van der Waals surface area contributed by atoms with E-state index < -0.39 is 18.4 Å². The molecular formula is C9H6O5. The fourth-order valence-corrected chi connectivity index (χ4v) is 1.09. The monoisotopic (exact) mass is 194 g/mol. The van der Waals surface area contributed by atoms with Crippen LogP contribution in [0, 0.1) is 0 Å². The summed E-state index contributed by atoms with van der Waals surface area (Å²) in [6.07, 6.45) is 0. The molecule has 1 aromatic carbocycles. The molecule has 14 heavy (non-hydrogen) atoms. The molecule has 0 radical (unpaired) electrons. The van der Waals surface area contributed by atoms with Gasteiger partial charge in [-0.1, -0.05) is 0 Å². The lowest BCUT2D eigenvalue weighted by Crippen LogP contribution is -2.22. The summed E-state index contributed by atoms with van der Waals surface area (Å²) in [5.41, 5.74) is 0.511. The third kappa shape index (κ3) is 1.45. The molecule has 0 fully saturated rings. The first-order valence-electron chi connectivity index (χ1n) is 3.87. The van der Waals surface area contributed by atoms with E-state index in [1.165, 1.54) is 24.3 Å². The summed E-state index contributed by atoms with van der Waals surface area (Å²) in [5, 5.41) is 8.98. The molecule has 5 nitrogen and oxygen atoms in total. The van der Waals surface area contributed by atoms with E-state index in [0.717, 1.165) is 0 Å². The maximum absolute atomic E-state index is 11.2. The number of ether oxygens (including phenoxy) is 2. The Hall–Kier alpha value is -1.88. The van der Waals surface area contributed by atoms with Crippen molar-refractivity contribution in [3.8, 4) is 0 Å². The fourth-order valence-electron chi connectivity index (χ4n) is 1.09. The predicted octanol–water partition coefficient (Wildman–Crippen LogP) is 0.290. The van der Waals surface area contributed by atoms with Crippen molar-refractivity contribution in [3.05, 3.63) is 35.4 Å². The van der Waals surface area contributed by atoms with Crippen LogP contribution in [0.5, 0.6) is 0 Å². The fraction of sp³-hybridized carbons (Fsp3) is 0.111. The van der Waals surface area contributed by atoms with Crippen molar-refractivity contribution >= 4 is 11.9 Å². The zero-order valence-electron chi connectivity index (χ0n) is 6.97. The molecule has 3 rings (SSSR count). The lowest BCUT2D eigenvalue weighted by molar-refractivity contribution is -0.201. The Balaban J connectivity index is 2.45. The highest BCUT2D eigenvalue weighted by molar-refractivity contribution is 5.94. The molecule has 5 heteroatoms. The van der Waals surface area contributed by atoms with Gasteiger partial charge in [-0.25, -0.2) is 9.59 Å². The zero-order valence-corrected chi connectivity index (χ0v) is 6.97. The minimum atomic E-state index is -1.85. The minimum absolute atomic E-state index is 0.256. The minimum Gasteiger partial charge on any atom is -0.397 e. The van der Waals surface area contributed by atoms with Crippen LogP contribution in [0.4, 0.5) is 0 Å². The molecule has 0 atom stereocenters. The molecule has 2 aliphatic heterocycles. The number of benzene rings is 1. The Morgan fingerprint density at radius 3 is 1.64 bits per heavy atom. The molecule has 0 aromatic heterocycles. The summed E-state index contributed by atoms with van der Waals surface area (Å²) in [4.78, 5) is 22.3. The Morgan fingerprint density at radius 2 is 1.29 bits per heavy atom. The molecule has 72 valence electrons. The van der Waals surface area contributed by atoms with Gasteiger partial charge >= 0.3 is 18.4 Å². The zero-order chi connectivity index (χ0) is 10.1. The highest BCUT2D eigenvalue weighted by Gasteiger charge is 2.21. The summed E-state index contributed by atoms with van der Waals surface area (Å²) in [6, 6.07) is 5.71. The lowest BCUT2D eigenvalue weighted by atomic mass is 10.1. The molecule has 0 saturated carbocycles. The van der Waals surface area contributed by atoms with Crippen LogP contribution >= 0.6 is 0 Å². The molecule has 2 bridgehead atoms. The maximum Gasteiger partial charge on any atom is 0.363 e. The normalized spacial score (nSPS) is 16.6. The van der Waals surface area contributed by atoms with Gasteiger partial charge in [0.15, 0.2) is 0 Å². The molecule has 2 aliphatic rings. The standard InChI is InChI=1S/C9H6O5/c10-7-5-1-2-6(4-3-5)8(11)14-9(12)13-7/h1-4,9,12H. The van der Waals surface area contributed by atoms with Crippen LogP contribution in [0.25, 0.3) is 0 Å². The Morgan fingerprint density at radius 1 is 0.929 bits per heavy atom. The average Bonchev–Trinajstić information content (AvgIpc) is 2.23. The second-order valence-corrected chi connectivity index (χ2v) is 2.70. The topological polar surface area (TPSA) is 72.8 Å². The summed E-state index contributed by atoms with van der Waals surface area (Å²) in [6.45, 7) is -1.85. The van der Waals surface area contributed by atoms with Crippen molar-refractivity contribution in [2.24, 2.45) is 0 Å². The summed E-state index contributed by atoms with van der Waals surface area (Å²) in [7, 11) is 0. The molecule has 0 aliphatic carbocycles. The lowest BCUT2D eigenvalue weighted by Gasteiger charge is -2.09. The summed E-state index contributed by atoms with van der Waals surface area (Å²) < 4.78 is 8.78. The van der Waals surface area contributed by atoms with Crippen LogP contribution in [0.2, 0.25) is 0 Å². The first-order valence-corrected chi connectivity index (χ1v) is 3.87. The van der Waals surface area contributed by atoms with Gasteiger partial charge in [-0.3, -0.25) is 0 Å². The van der Waals surface area contributed by atoms with Crippen LogP contribution in [0.15, 0.2) is 24.3 Å². The molecule has 2 heterocycles. The molecule has 1 aromatic rings. The largest absolute Gasteiger partial charge is 0.397 e. The van der Waals surface area contributed by atoms with Crippen LogP contribution < -0.4 is 0 Å². The number of esters is 2. The van der Waals surface area contributed by atoms with E-state index in [0.29, 0.717) is 0 Å². The van der Waals surface area contributed by atoms with Gasteiger partial charge in [0.1, 0.15) is 0 Å². The first-order chi connectivity index (χ1) is 6.66. The summed E-state index contributed by atoms with van der Waals surface area (Å²) in [5.74, 6) is -1.47. The van der Waals surface area contributed by atoms with Gasteiger partial charge in [0.05, 0.1) is 11.1 Å². The molecular weight excluding hydrogens is 188 g/mol. The van der Waals surface area contributed by atoms with Crippen molar-refractivity contribution in [1.29, 1.82) is 0 Å². The van der Waals surface area contributed by atoms with Crippen LogP contribution in [0.1, 0.15) is 20.7 Å². The van der Waals surface area contributed by atoms with Gasteiger partial charge < -0.3 is 14.6 Å². The first kappa shape index (κ1) is 8.71. The second-order valence-electron chi connectivity index (χ2n) is 2.70. The van der Waals surface area contributed by atoms with Crippen LogP contribution in [-0.4, -0.2) is 23.5 Å². The highest BCUT2D eigenvalue weighted by atomic mass is 16.8. The van der Waals surface area contributed by atoms with E-state index in [1.54, 1.807) is 0 Å². The van der Waals surface area contributed by atoms with E-state index in [4.69, 9.17) is 5.11 Å². The smallest absolute Gasteiger partial charge is 0.363 e. The molecule has 0 saturated heterocycles. The molecule has 1 N–H and O–H groups in total. The number of aliphatic hydroxyl groups is 1. The Kier molecular flexibility index (Phi) is 1.94. The summed E-state index contributed by atoms with van der Waals surface area (Å²) >= 11 is 0. The van der Waals surface area contributed by atoms with Gasteiger partial charge in [0, 0.05) is 0 Å². The third-order valence-electron chi connectivity index (χ3n) is 1.77. The number of carbonyl (C=O) groups is 2. The number of aliphatic hydroxyl groups excluding tert-OH is 1. The Bertz CT molecular complexity index is 344. The maximum atomic E-state index is 11.2. The van der Waals surface area contributed by atoms with Crippen LogP contribution in [-0.2, 0) is 9.47 Å². The van der Waals surface area contributed by atoms with E-state index in [1.807, 2.05) is 0 Å². The molecule has 0 spiro atoms. The van der Waals surface area contributed by atoms with Gasteiger partial charge in [0.2, 0.25) is 0 Å². The number of fused-ring (bicyclic) bond motifs is 6. The highest BCUT2D eigenvalue weighted by Crippen LogP contribution is 2.12. The Labute approximate surface area is 78.9 Å². The van der Waals surface area contributed by atoms with E-state index in [2.05, 4.69) is 9.47 Å². The number of hydrogen-bond donors (Lipinski definition) is 1. The van der Waals surface area contributed by atoms with Crippen molar-refractivity contribution in [1.82, 2.24) is 0 Å². The average molecular weight is 194 g/mol. The van der Waals surface area contributed by atoms with Gasteiger partial charge in [-0.15, -0.1) is 0 Å². The SMILES string of the molecule is O=C1OC(O)OC(=O)c2ccc1cc2. The van der Waals surface area contributed by atoms with Crippen molar-refractivity contribution < 1.29 is 24.2 Å². The van der Waals surface area contributed by atoms with Crippen molar-refractivity contribution in [2.45, 2.75) is 6.48 Å². The molecule has 0 amide bonds. The van der Waals surface area contributed by atoms with Gasteiger partial charge in [-0.05, 0) is 24.3 Å². The van der Waals surface area contributed by atoms with Gasteiger partial charge in [0.25, 0.3) is 0 Å².